The molecule has 3 heteroatoms. The van der Waals surface area contributed by atoms with E-state index >= 15 is 0 Å². The topological polar surface area (TPSA) is 37.6 Å². The molecule has 0 aromatic carbocycles. The Bertz CT molecular complexity index is 193. The summed E-state index contributed by atoms with van der Waals surface area (Å²) in [5.41, 5.74) is 0. The Morgan fingerprint density at radius 1 is 0.867 bits per heavy atom. The minimum absolute atomic E-state index is 0.575. The molecule has 3 saturated heterocycles. The van der Waals surface area contributed by atoms with Gasteiger partial charge in [-0.05, 0) is 25.2 Å². The van der Waals surface area contributed by atoms with E-state index in [1.54, 1.807) is 0 Å². The van der Waals surface area contributed by atoms with E-state index in [1.165, 1.54) is 32.1 Å². The molecule has 3 aliphatic heterocycles. The Morgan fingerprint density at radius 2 is 1.40 bits per heavy atom. The largest absolute Gasteiger partial charge is 0.373 e. The van der Waals surface area contributed by atoms with E-state index < -0.39 is 0 Å². The highest BCUT2D eigenvalue weighted by Gasteiger charge is 2.32. The highest BCUT2D eigenvalue weighted by atomic mass is 16.6. The molecule has 3 heterocycles. The zero-order chi connectivity index (χ0) is 10.1. The quantitative estimate of drug-likeness (QED) is 0.575. The van der Waals surface area contributed by atoms with E-state index in [0.717, 1.165) is 25.7 Å². The maximum Gasteiger partial charge on any atom is 0.0812 e. The van der Waals surface area contributed by atoms with Crippen molar-refractivity contribution in [2.24, 2.45) is 5.92 Å². The molecule has 15 heavy (non-hydrogen) atoms. The molecule has 86 valence electrons. The average molecular weight is 212 g/mol. The van der Waals surface area contributed by atoms with Crippen LogP contribution in [-0.2, 0) is 14.2 Å². The van der Waals surface area contributed by atoms with Gasteiger partial charge in [0.05, 0.1) is 38.1 Å². The van der Waals surface area contributed by atoms with Crippen molar-refractivity contribution < 1.29 is 14.2 Å². The number of hydrogen-bond acceptors (Lipinski definition) is 3. The van der Waals surface area contributed by atoms with Crippen LogP contribution < -0.4 is 0 Å². The van der Waals surface area contributed by atoms with Crippen LogP contribution in [0.15, 0.2) is 0 Å². The van der Waals surface area contributed by atoms with E-state index in [4.69, 9.17) is 14.2 Å². The molecule has 0 amide bonds. The van der Waals surface area contributed by atoms with Crippen LogP contribution in [0.1, 0.15) is 32.1 Å². The Labute approximate surface area is 91.1 Å². The van der Waals surface area contributed by atoms with Gasteiger partial charge in [0, 0.05) is 0 Å². The Morgan fingerprint density at radius 3 is 1.87 bits per heavy atom. The second-order valence-electron chi connectivity index (χ2n) is 5.13. The molecule has 0 N–H and O–H groups in total. The van der Waals surface area contributed by atoms with Gasteiger partial charge < -0.3 is 14.2 Å². The smallest absolute Gasteiger partial charge is 0.0812 e. The van der Waals surface area contributed by atoms with Gasteiger partial charge in [0.25, 0.3) is 0 Å². The molecular weight excluding hydrogens is 192 g/mol. The van der Waals surface area contributed by atoms with Crippen LogP contribution in [0.3, 0.4) is 0 Å². The van der Waals surface area contributed by atoms with Gasteiger partial charge in [-0.1, -0.05) is 12.8 Å². The van der Waals surface area contributed by atoms with Gasteiger partial charge in [-0.3, -0.25) is 0 Å². The number of epoxide rings is 3. The fourth-order valence-corrected chi connectivity index (χ4v) is 2.35. The van der Waals surface area contributed by atoms with Crippen molar-refractivity contribution in [1.82, 2.24) is 0 Å². The van der Waals surface area contributed by atoms with Crippen LogP contribution in [0.2, 0.25) is 0 Å². The first-order chi connectivity index (χ1) is 7.40. The standard InChI is InChI=1S/C12H20O3/c1(3-10-6-13-10)2-9(4-11-7-14-11)5-12-8-15-12/h9-12H,1-8H2. The lowest BCUT2D eigenvalue weighted by Gasteiger charge is -2.13. The predicted molar refractivity (Wildman–Crippen MR) is 55.8 cm³/mol. The van der Waals surface area contributed by atoms with Crippen molar-refractivity contribution in [1.29, 1.82) is 0 Å². The summed E-state index contributed by atoms with van der Waals surface area (Å²) < 4.78 is 15.9. The molecule has 0 saturated carbocycles. The molecule has 3 rings (SSSR count). The van der Waals surface area contributed by atoms with Crippen LogP contribution in [0.5, 0.6) is 0 Å². The summed E-state index contributed by atoms with van der Waals surface area (Å²) in [5.74, 6) is 0.823. The van der Waals surface area contributed by atoms with Crippen LogP contribution in [0.4, 0.5) is 0 Å². The predicted octanol–water partition coefficient (Wildman–Crippen LogP) is 1.75. The highest BCUT2D eigenvalue weighted by molar-refractivity contribution is 4.80. The monoisotopic (exact) mass is 212 g/mol. The second kappa shape index (κ2) is 4.40. The number of ether oxygens (including phenoxy) is 3. The molecular formula is C12H20O3. The SMILES string of the molecule is C(CC(CC1CO1)CC1CO1)CC1CO1. The molecule has 0 spiro atoms. The first-order valence-corrected chi connectivity index (χ1v) is 6.25. The van der Waals surface area contributed by atoms with Gasteiger partial charge in [0.1, 0.15) is 0 Å². The lowest BCUT2D eigenvalue weighted by atomic mass is 9.92. The lowest BCUT2D eigenvalue weighted by Crippen LogP contribution is -2.08. The summed E-state index contributed by atoms with van der Waals surface area (Å²) in [6.07, 6.45) is 8.16. The summed E-state index contributed by atoms with van der Waals surface area (Å²) in [6.45, 7) is 2.99. The molecule has 3 fully saturated rings. The van der Waals surface area contributed by atoms with E-state index in [0.29, 0.717) is 18.3 Å². The number of hydrogen-bond donors (Lipinski definition) is 0. The molecule has 0 bridgehead atoms. The zero-order valence-electron chi connectivity index (χ0n) is 9.19. The van der Waals surface area contributed by atoms with E-state index in [9.17, 15) is 0 Å². The van der Waals surface area contributed by atoms with Crippen molar-refractivity contribution in [3.63, 3.8) is 0 Å². The molecule has 0 aromatic heterocycles. The van der Waals surface area contributed by atoms with Gasteiger partial charge in [0.15, 0.2) is 0 Å². The summed E-state index contributed by atoms with van der Waals surface area (Å²) in [4.78, 5) is 0. The number of rotatable bonds is 8. The van der Waals surface area contributed by atoms with Crippen LogP contribution in [0.25, 0.3) is 0 Å². The maximum absolute atomic E-state index is 5.32. The van der Waals surface area contributed by atoms with Crippen LogP contribution in [0, 0.1) is 5.92 Å². The molecule has 0 radical (unpaired) electrons. The third-order valence-corrected chi connectivity index (χ3v) is 3.54. The summed E-state index contributed by atoms with van der Waals surface area (Å²) >= 11 is 0. The summed E-state index contributed by atoms with van der Waals surface area (Å²) in [5, 5.41) is 0. The van der Waals surface area contributed by atoms with Gasteiger partial charge in [0.2, 0.25) is 0 Å². The summed E-state index contributed by atoms with van der Waals surface area (Å²) in [7, 11) is 0. The van der Waals surface area contributed by atoms with Crippen LogP contribution in [-0.4, -0.2) is 38.1 Å². The molecule has 3 unspecified atom stereocenters. The fourth-order valence-electron chi connectivity index (χ4n) is 2.35. The third-order valence-electron chi connectivity index (χ3n) is 3.54. The molecule has 3 nitrogen and oxygen atoms in total. The minimum atomic E-state index is 0.575. The molecule has 3 aliphatic rings. The lowest BCUT2D eigenvalue weighted by molar-refractivity contribution is 0.288. The normalized spacial score (nSPS) is 38.8. The van der Waals surface area contributed by atoms with E-state index in [1.807, 2.05) is 0 Å². The molecule has 3 atom stereocenters. The Hall–Kier alpha value is -0.120. The van der Waals surface area contributed by atoms with Crippen molar-refractivity contribution in [2.75, 3.05) is 19.8 Å². The van der Waals surface area contributed by atoms with Gasteiger partial charge in [-0.25, -0.2) is 0 Å². The minimum Gasteiger partial charge on any atom is -0.373 e. The van der Waals surface area contributed by atoms with Gasteiger partial charge in [-0.2, -0.15) is 0 Å². The van der Waals surface area contributed by atoms with Gasteiger partial charge in [-0.15, -0.1) is 0 Å². The van der Waals surface area contributed by atoms with Crippen molar-refractivity contribution in [2.45, 2.75) is 50.4 Å². The molecule has 0 aromatic rings. The van der Waals surface area contributed by atoms with E-state index in [-0.39, 0.29) is 0 Å². The average Bonchev–Trinajstić information content (AvgIpc) is 3.06. The second-order valence-corrected chi connectivity index (χ2v) is 5.13. The Kier molecular flexibility index (Phi) is 2.95. The Balaban J connectivity index is 1.34. The van der Waals surface area contributed by atoms with Crippen LogP contribution >= 0.6 is 0 Å². The third kappa shape index (κ3) is 3.74. The maximum atomic E-state index is 5.32. The van der Waals surface area contributed by atoms with Crippen molar-refractivity contribution >= 4 is 0 Å². The summed E-state index contributed by atoms with van der Waals surface area (Å²) in [6, 6.07) is 0. The van der Waals surface area contributed by atoms with E-state index in [2.05, 4.69) is 0 Å². The molecule has 0 aliphatic carbocycles. The van der Waals surface area contributed by atoms with Gasteiger partial charge >= 0.3 is 0 Å². The zero-order valence-corrected chi connectivity index (χ0v) is 9.19. The first kappa shape index (κ1) is 10.1. The fraction of sp³-hybridized carbons (Fsp3) is 1.00. The van der Waals surface area contributed by atoms with Crippen molar-refractivity contribution in [3.8, 4) is 0 Å². The first-order valence-electron chi connectivity index (χ1n) is 6.25. The highest BCUT2D eigenvalue weighted by Crippen LogP contribution is 2.31. The van der Waals surface area contributed by atoms with Crippen molar-refractivity contribution in [3.05, 3.63) is 0 Å².